The SMILES string of the molecule is Cc1ccc(S(=O)(=O)NC(C)c2ccccc2)c(N)c1. The molecule has 0 heterocycles. The molecule has 0 radical (unpaired) electrons. The van der Waals surface area contributed by atoms with Crippen LogP contribution in [0.2, 0.25) is 0 Å². The zero-order valence-corrected chi connectivity index (χ0v) is 12.3. The second-order valence-corrected chi connectivity index (χ2v) is 6.48. The molecule has 106 valence electrons. The van der Waals surface area contributed by atoms with Gasteiger partial charge in [0.2, 0.25) is 10.0 Å². The van der Waals surface area contributed by atoms with Gasteiger partial charge >= 0.3 is 0 Å². The molecule has 0 saturated carbocycles. The summed E-state index contributed by atoms with van der Waals surface area (Å²) >= 11 is 0. The Hall–Kier alpha value is -1.85. The van der Waals surface area contributed by atoms with E-state index >= 15 is 0 Å². The minimum Gasteiger partial charge on any atom is -0.398 e. The summed E-state index contributed by atoms with van der Waals surface area (Å²) in [4.78, 5) is 0.117. The Morgan fingerprint density at radius 3 is 2.35 bits per heavy atom. The number of hydrogen-bond acceptors (Lipinski definition) is 3. The molecule has 3 N–H and O–H groups in total. The van der Waals surface area contributed by atoms with E-state index in [0.29, 0.717) is 0 Å². The topological polar surface area (TPSA) is 72.2 Å². The van der Waals surface area contributed by atoms with E-state index in [1.54, 1.807) is 19.1 Å². The largest absolute Gasteiger partial charge is 0.398 e. The van der Waals surface area contributed by atoms with Crippen LogP contribution in [0.5, 0.6) is 0 Å². The van der Waals surface area contributed by atoms with Crippen LogP contribution in [0.15, 0.2) is 53.4 Å². The predicted octanol–water partition coefficient (Wildman–Crippen LogP) is 2.62. The summed E-state index contributed by atoms with van der Waals surface area (Å²) in [5.74, 6) is 0. The van der Waals surface area contributed by atoms with Gasteiger partial charge in [-0.2, -0.15) is 0 Å². The Morgan fingerprint density at radius 1 is 1.10 bits per heavy atom. The number of nitrogen functional groups attached to an aromatic ring is 1. The number of nitrogens with two attached hydrogens (primary N) is 1. The van der Waals surface area contributed by atoms with Crippen LogP contribution in [0, 0.1) is 6.92 Å². The summed E-state index contributed by atoms with van der Waals surface area (Å²) < 4.78 is 27.4. The zero-order valence-electron chi connectivity index (χ0n) is 11.5. The Labute approximate surface area is 119 Å². The molecule has 0 amide bonds. The average Bonchev–Trinajstić information content (AvgIpc) is 2.38. The highest BCUT2D eigenvalue weighted by atomic mass is 32.2. The van der Waals surface area contributed by atoms with Gasteiger partial charge in [-0.25, -0.2) is 13.1 Å². The molecule has 0 aliphatic heterocycles. The Bertz CT molecular complexity index is 697. The van der Waals surface area contributed by atoms with Crippen LogP contribution >= 0.6 is 0 Å². The molecule has 20 heavy (non-hydrogen) atoms. The minimum absolute atomic E-state index is 0.117. The van der Waals surface area contributed by atoms with Crippen molar-refractivity contribution in [1.82, 2.24) is 4.72 Å². The average molecular weight is 290 g/mol. The Morgan fingerprint density at radius 2 is 1.75 bits per heavy atom. The smallest absolute Gasteiger partial charge is 0.243 e. The Kier molecular flexibility index (Phi) is 4.11. The molecule has 2 rings (SSSR count). The molecule has 5 heteroatoms. The molecular weight excluding hydrogens is 272 g/mol. The van der Waals surface area contributed by atoms with Crippen LogP contribution in [0.25, 0.3) is 0 Å². The van der Waals surface area contributed by atoms with Gasteiger partial charge in [0.25, 0.3) is 0 Å². The monoisotopic (exact) mass is 290 g/mol. The highest BCUT2D eigenvalue weighted by Crippen LogP contribution is 2.22. The van der Waals surface area contributed by atoms with E-state index in [1.807, 2.05) is 37.3 Å². The van der Waals surface area contributed by atoms with E-state index in [4.69, 9.17) is 5.73 Å². The molecule has 4 nitrogen and oxygen atoms in total. The minimum atomic E-state index is -3.63. The normalized spacial score (nSPS) is 13.1. The quantitative estimate of drug-likeness (QED) is 0.850. The summed E-state index contributed by atoms with van der Waals surface area (Å²) in [6, 6.07) is 14.0. The van der Waals surface area contributed by atoms with E-state index in [9.17, 15) is 8.42 Å². The number of benzene rings is 2. The van der Waals surface area contributed by atoms with Gasteiger partial charge in [0.05, 0.1) is 5.69 Å². The van der Waals surface area contributed by atoms with Crippen molar-refractivity contribution in [3.05, 3.63) is 59.7 Å². The first-order valence-corrected chi connectivity index (χ1v) is 7.82. The summed E-state index contributed by atoms with van der Waals surface area (Å²) in [5, 5.41) is 0. The third-order valence-electron chi connectivity index (χ3n) is 3.09. The standard InChI is InChI=1S/C15H18N2O2S/c1-11-8-9-15(14(16)10-11)20(18,19)17-12(2)13-6-4-3-5-7-13/h3-10,12,17H,16H2,1-2H3. The number of hydrogen-bond donors (Lipinski definition) is 2. The number of nitrogens with one attached hydrogen (secondary N) is 1. The molecule has 1 unspecified atom stereocenters. The maximum Gasteiger partial charge on any atom is 0.243 e. The van der Waals surface area contributed by atoms with E-state index in [2.05, 4.69) is 4.72 Å². The molecule has 2 aromatic rings. The van der Waals surface area contributed by atoms with Crippen molar-refractivity contribution in [3.63, 3.8) is 0 Å². The van der Waals surface area contributed by atoms with E-state index < -0.39 is 10.0 Å². The lowest BCUT2D eigenvalue weighted by molar-refractivity contribution is 0.567. The lowest BCUT2D eigenvalue weighted by Gasteiger charge is -2.15. The molecule has 0 aliphatic carbocycles. The molecule has 0 aliphatic rings. The van der Waals surface area contributed by atoms with Crippen LogP contribution in [0.4, 0.5) is 5.69 Å². The molecule has 2 aromatic carbocycles. The van der Waals surface area contributed by atoms with Crippen molar-refractivity contribution in [2.45, 2.75) is 24.8 Å². The van der Waals surface area contributed by atoms with Gasteiger partial charge in [-0.15, -0.1) is 0 Å². The first-order valence-electron chi connectivity index (χ1n) is 6.33. The van der Waals surface area contributed by atoms with Gasteiger partial charge in [-0.1, -0.05) is 36.4 Å². The third kappa shape index (κ3) is 3.18. The van der Waals surface area contributed by atoms with Crippen LogP contribution in [0.1, 0.15) is 24.1 Å². The van der Waals surface area contributed by atoms with Crippen LogP contribution in [-0.2, 0) is 10.0 Å². The van der Waals surface area contributed by atoms with Crippen LogP contribution < -0.4 is 10.5 Å². The zero-order chi connectivity index (χ0) is 14.8. The maximum absolute atomic E-state index is 12.4. The second kappa shape index (κ2) is 5.64. The van der Waals surface area contributed by atoms with E-state index in [-0.39, 0.29) is 16.6 Å². The van der Waals surface area contributed by atoms with Gasteiger partial charge in [0, 0.05) is 6.04 Å². The van der Waals surface area contributed by atoms with Crippen molar-refractivity contribution in [3.8, 4) is 0 Å². The molecule has 0 spiro atoms. The maximum atomic E-state index is 12.4. The van der Waals surface area contributed by atoms with Crippen molar-refractivity contribution in [2.24, 2.45) is 0 Å². The van der Waals surface area contributed by atoms with E-state index in [1.165, 1.54) is 6.07 Å². The van der Waals surface area contributed by atoms with Gasteiger partial charge in [0.15, 0.2) is 0 Å². The molecule has 0 saturated heterocycles. The van der Waals surface area contributed by atoms with Crippen LogP contribution in [0.3, 0.4) is 0 Å². The summed E-state index contributed by atoms with van der Waals surface area (Å²) in [6.45, 7) is 3.67. The van der Waals surface area contributed by atoms with Crippen LogP contribution in [-0.4, -0.2) is 8.42 Å². The molecule has 0 aromatic heterocycles. The first kappa shape index (κ1) is 14.6. The fourth-order valence-corrected chi connectivity index (χ4v) is 3.36. The number of aryl methyl sites for hydroxylation is 1. The lowest BCUT2D eigenvalue weighted by Crippen LogP contribution is -2.27. The fourth-order valence-electron chi connectivity index (χ4n) is 2.02. The molecule has 0 fully saturated rings. The van der Waals surface area contributed by atoms with Crippen molar-refractivity contribution < 1.29 is 8.42 Å². The summed E-state index contributed by atoms with van der Waals surface area (Å²) in [5.41, 5.74) is 7.90. The van der Waals surface area contributed by atoms with Gasteiger partial charge < -0.3 is 5.73 Å². The number of anilines is 1. The predicted molar refractivity (Wildman–Crippen MR) is 80.8 cm³/mol. The number of rotatable bonds is 4. The van der Waals surface area contributed by atoms with Crippen molar-refractivity contribution >= 4 is 15.7 Å². The van der Waals surface area contributed by atoms with Gasteiger partial charge in [-0.05, 0) is 37.1 Å². The Balaban J connectivity index is 2.28. The molecule has 0 bridgehead atoms. The third-order valence-corrected chi connectivity index (χ3v) is 4.70. The second-order valence-electron chi connectivity index (χ2n) is 4.79. The number of sulfonamides is 1. The molecular formula is C15H18N2O2S. The summed E-state index contributed by atoms with van der Waals surface area (Å²) in [6.07, 6.45) is 0. The van der Waals surface area contributed by atoms with Gasteiger partial charge in [-0.3, -0.25) is 0 Å². The highest BCUT2D eigenvalue weighted by Gasteiger charge is 2.20. The van der Waals surface area contributed by atoms with Crippen molar-refractivity contribution in [2.75, 3.05) is 5.73 Å². The first-order chi connectivity index (χ1) is 9.40. The van der Waals surface area contributed by atoms with E-state index in [0.717, 1.165) is 11.1 Å². The molecule has 1 atom stereocenters. The lowest BCUT2D eigenvalue weighted by atomic mass is 10.1. The summed E-state index contributed by atoms with van der Waals surface area (Å²) in [7, 11) is -3.63. The fraction of sp³-hybridized carbons (Fsp3) is 0.200. The van der Waals surface area contributed by atoms with Gasteiger partial charge in [0.1, 0.15) is 4.90 Å². The highest BCUT2D eigenvalue weighted by molar-refractivity contribution is 7.89. The van der Waals surface area contributed by atoms with Crippen molar-refractivity contribution in [1.29, 1.82) is 0 Å².